The second-order valence-electron chi connectivity index (χ2n) is 4.39. The van der Waals surface area contributed by atoms with Crippen molar-refractivity contribution < 1.29 is 4.52 Å². The third-order valence-electron chi connectivity index (χ3n) is 3.05. The first kappa shape index (κ1) is 12.5. The molecule has 1 atom stereocenters. The van der Waals surface area contributed by atoms with Gasteiger partial charge in [-0.15, -0.1) is 23.7 Å². The summed E-state index contributed by atoms with van der Waals surface area (Å²) < 4.78 is 5.38. The van der Waals surface area contributed by atoms with Gasteiger partial charge in [0, 0.05) is 6.54 Å². The lowest BCUT2D eigenvalue weighted by atomic mass is 9.90. The summed E-state index contributed by atoms with van der Waals surface area (Å²) in [7, 11) is 0. The molecule has 6 heteroatoms. The molecule has 1 unspecified atom stereocenters. The predicted octanol–water partition coefficient (Wildman–Crippen LogP) is 2.47. The normalized spacial score (nSPS) is 23.6. The van der Waals surface area contributed by atoms with Crippen molar-refractivity contribution in [1.29, 1.82) is 0 Å². The third kappa shape index (κ3) is 2.22. The maximum Gasteiger partial charge on any atom is 0.234 e. The highest BCUT2D eigenvalue weighted by Crippen LogP contribution is 2.31. The fourth-order valence-corrected chi connectivity index (χ4v) is 2.62. The van der Waals surface area contributed by atoms with Crippen LogP contribution in [0, 0.1) is 0 Å². The number of thiophene rings is 1. The number of hydrogen-bond donors (Lipinski definition) is 1. The van der Waals surface area contributed by atoms with E-state index in [1.807, 2.05) is 17.5 Å². The fourth-order valence-electron chi connectivity index (χ4n) is 1.97. The summed E-state index contributed by atoms with van der Waals surface area (Å²) in [5, 5.41) is 9.39. The topological polar surface area (TPSA) is 51.0 Å². The van der Waals surface area contributed by atoms with Crippen LogP contribution in [0.3, 0.4) is 0 Å². The molecular formula is C11H14ClN3OS. The Morgan fingerprint density at radius 2 is 2.41 bits per heavy atom. The lowest BCUT2D eigenvalue weighted by molar-refractivity contribution is 0.306. The average Bonchev–Trinajstić information content (AvgIpc) is 2.98. The van der Waals surface area contributed by atoms with Gasteiger partial charge in [0.25, 0.3) is 0 Å². The lowest BCUT2D eigenvalue weighted by Gasteiger charge is -2.15. The first-order valence-corrected chi connectivity index (χ1v) is 6.25. The second kappa shape index (κ2) is 4.76. The SMILES string of the molecule is CC1(c2nc(-c3cccs3)no2)CCNC1.Cl. The summed E-state index contributed by atoms with van der Waals surface area (Å²) in [6.07, 6.45) is 1.05. The van der Waals surface area contributed by atoms with Crippen LogP contribution >= 0.6 is 23.7 Å². The van der Waals surface area contributed by atoms with Crippen LogP contribution in [0.1, 0.15) is 19.2 Å². The van der Waals surface area contributed by atoms with Gasteiger partial charge in [-0.05, 0) is 31.3 Å². The Bertz CT molecular complexity index is 477. The molecule has 17 heavy (non-hydrogen) atoms. The van der Waals surface area contributed by atoms with Crippen molar-refractivity contribution in [2.75, 3.05) is 13.1 Å². The minimum absolute atomic E-state index is 0. The van der Waals surface area contributed by atoms with Crippen LogP contribution in [-0.4, -0.2) is 23.2 Å². The summed E-state index contributed by atoms with van der Waals surface area (Å²) in [5.41, 5.74) is 0.00249. The van der Waals surface area contributed by atoms with Crippen LogP contribution in [0.15, 0.2) is 22.0 Å². The number of halogens is 1. The zero-order chi connectivity index (χ0) is 11.0. The predicted molar refractivity (Wildman–Crippen MR) is 69.7 cm³/mol. The molecule has 0 aliphatic carbocycles. The number of nitrogens with zero attached hydrogens (tertiary/aromatic N) is 2. The Hall–Kier alpha value is -0.910. The Labute approximate surface area is 110 Å². The Kier molecular flexibility index (Phi) is 3.51. The van der Waals surface area contributed by atoms with E-state index in [4.69, 9.17) is 4.52 Å². The van der Waals surface area contributed by atoms with Crippen molar-refractivity contribution in [1.82, 2.24) is 15.5 Å². The smallest absolute Gasteiger partial charge is 0.234 e. The van der Waals surface area contributed by atoms with Gasteiger partial charge in [-0.3, -0.25) is 0 Å². The summed E-state index contributed by atoms with van der Waals surface area (Å²) in [5.74, 6) is 1.46. The maximum atomic E-state index is 5.38. The highest BCUT2D eigenvalue weighted by Gasteiger charge is 2.36. The van der Waals surface area contributed by atoms with E-state index in [1.54, 1.807) is 11.3 Å². The van der Waals surface area contributed by atoms with Crippen LogP contribution in [0.5, 0.6) is 0 Å². The zero-order valence-electron chi connectivity index (χ0n) is 9.47. The molecule has 2 aromatic heterocycles. The van der Waals surface area contributed by atoms with Crippen molar-refractivity contribution in [2.24, 2.45) is 0 Å². The van der Waals surface area contributed by atoms with Gasteiger partial charge in [0.1, 0.15) is 0 Å². The number of nitrogens with one attached hydrogen (secondary N) is 1. The monoisotopic (exact) mass is 271 g/mol. The van der Waals surface area contributed by atoms with Crippen LogP contribution in [0.25, 0.3) is 10.7 Å². The summed E-state index contributed by atoms with van der Waals surface area (Å²) in [6.45, 7) is 4.10. The lowest BCUT2D eigenvalue weighted by Crippen LogP contribution is -2.25. The molecule has 1 aliphatic heterocycles. The number of hydrogen-bond acceptors (Lipinski definition) is 5. The van der Waals surface area contributed by atoms with E-state index in [-0.39, 0.29) is 17.8 Å². The Morgan fingerprint density at radius 3 is 3.06 bits per heavy atom. The van der Waals surface area contributed by atoms with Crippen molar-refractivity contribution in [3.63, 3.8) is 0 Å². The van der Waals surface area contributed by atoms with Gasteiger partial charge < -0.3 is 9.84 Å². The quantitative estimate of drug-likeness (QED) is 0.912. The highest BCUT2D eigenvalue weighted by molar-refractivity contribution is 7.13. The molecule has 1 N–H and O–H groups in total. The molecule has 2 aromatic rings. The maximum absolute atomic E-state index is 5.38. The minimum Gasteiger partial charge on any atom is -0.338 e. The summed E-state index contributed by atoms with van der Waals surface area (Å²) in [6, 6.07) is 4.00. The highest BCUT2D eigenvalue weighted by atomic mass is 35.5. The molecule has 0 amide bonds. The molecule has 3 heterocycles. The molecular weight excluding hydrogens is 258 g/mol. The van der Waals surface area contributed by atoms with Crippen molar-refractivity contribution in [3.8, 4) is 10.7 Å². The standard InChI is InChI=1S/C11H13N3OS.ClH/c1-11(4-5-12-7-11)10-13-9(14-15-10)8-3-2-6-16-8;/h2-3,6,12H,4-5,7H2,1H3;1H. The molecule has 0 spiro atoms. The first-order chi connectivity index (χ1) is 7.78. The molecule has 0 radical (unpaired) electrons. The number of aromatic nitrogens is 2. The molecule has 3 rings (SSSR count). The molecule has 0 aromatic carbocycles. The fraction of sp³-hybridized carbons (Fsp3) is 0.455. The van der Waals surface area contributed by atoms with Gasteiger partial charge in [-0.1, -0.05) is 11.2 Å². The zero-order valence-corrected chi connectivity index (χ0v) is 11.1. The molecule has 0 bridgehead atoms. The third-order valence-corrected chi connectivity index (χ3v) is 3.92. The van der Waals surface area contributed by atoms with Gasteiger partial charge in [0.15, 0.2) is 0 Å². The molecule has 0 saturated carbocycles. The van der Waals surface area contributed by atoms with Gasteiger partial charge in [-0.2, -0.15) is 4.98 Å². The van der Waals surface area contributed by atoms with Crippen LogP contribution < -0.4 is 5.32 Å². The molecule has 1 saturated heterocycles. The molecule has 1 fully saturated rings. The van der Waals surface area contributed by atoms with E-state index in [1.165, 1.54) is 0 Å². The average molecular weight is 272 g/mol. The summed E-state index contributed by atoms with van der Waals surface area (Å²) in [4.78, 5) is 5.56. The van der Waals surface area contributed by atoms with E-state index < -0.39 is 0 Å². The minimum atomic E-state index is 0. The molecule has 92 valence electrons. The molecule has 4 nitrogen and oxygen atoms in total. The number of rotatable bonds is 2. The summed E-state index contributed by atoms with van der Waals surface area (Å²) >= 11 is 1.63. The van der Waals surface area contributed by atoms with Crippen molar-refractivity contribution in [3.05, 3.63) is 23.4 Å². The van der Waals surface area contributed by atoms with Gasteiger partial charge in [-0.25, -0.2) is 0 Å². The van der Waals surface area contributed by atoms with E-state index in [0.717, 1.165) is 30.3 Å². The first-order valence-electron chi connectivity index (χ1n) is 5.37. The van der Waals surface area contributed by atoms with E-state index >= 15 is 0 Å². The van der Waals surface area contributed by atoms with Crippen LogP contribution in [-0.2, 0) is 5.41 Å². The van der Waals surface area contributed by atoms with E-state index in [0.29, 0.717) is 5.82 Å². The Morgan fingerprint density at radius 1 is 1.53 bits per heavy atom. The largest absolute Gasteiger partial charge is 0.338 e. The van der Waals surface area contributed by atoms with Crippen LogP contribution in [0.4, 0.5) is 0 Å². The van der Waals surface area contributed by atoms with Gasteiger partial charge in [0.05, 0.1) is 10.3 Å². The van der Waals surface area contributed by atoms with E-state index in [2.05, 4.69) is 22.4 Å². The Balaban J connectivity index is 0.00000108. The molecule has 1 aliphatic rings. The second-order valence-corrected chi connectivity index (χ2v) is 5.34. The van der Waals surface area contributed by atoms with Gasteiger partial charge >= 0.3 is 0 Å². The van der Waals surface area contributed by atoms with Crippen molar-refractivity contribution in [2.45, 2.75) is 18.8 Å². The van der Waals surface area contributed by atoms with Gasteiger partial charge in [0.2, 0.25) is 11.7 Å². The van der Waals surface area contributed by atoms with Crippen molar-refractivity contribution >= 4 is 23.7 Å². The van der Waals surface area contributed by atoms with E-state index in [9.17, 15) is 0 Å². The van der Waals surface area contributed by atoms with Crippen LogP contribution in [0.2, 0.25) is 0 Å².